The van der Waals surface area contributed by atoms with Gasteiger partial charge in [-0.05, 0) is 62.1 Å². The third kappa shape index (κ3) is 2.77. The molecule has 3 fully saturated rings. The molecule has 1 N–H and O–H groups in total. The molecule has 4 rings (SSSR count). The summed E-state index contributed by atoms with van der Waals surface area (Å²) >= 11 is 0. The van der Waals surface area contributed by atoms with Gasteiger partial charge in [0.15, 0.2) is 0 Å². The van der Waals surface area contributed by atoms with Crippen molar-refractivity contribution < 1.29 is 9.00 Å². The van der Waals surface area contributed by atoms with Crippen LogP contribution in [0.4, 0.5) is 0 Å². The van der Waals surface area contributed by atoms with Crippen LogP contribution in [0.25, 0.3) is 0 Å². The first-order chi connectivity index (χ1) is 11.5. The Hall–Kier alpha value is -1.36. The lowest BCUT2D eigenvalue weighted by molar-refractivity contribution is 0.0608. The van der Waals surface area contributed by atoms with Crippen molar-refractivity contribution in [2.24, 2.45) is 0 Å². The summed E-state index contributed by atoms with van der Waals surface area (Å²) in [7, 11) is -2.53. The van der Waals surface area contributed by atoms with Gasteiger partial charge in [0, 0.05) is 27.6 Å². The zero-order valence-corrected chi connectivity index (χ0v) is 14.9. The smallest absolute Gasteiger partial charge is 0.254 e. The molecule has 0 radical (unpaired) electrons. The lowest BCUT2D eigenvalue weighted by Gasteiger charge is -2.42. The number of benzene rings is 1. The monoisotopic (exact) mass is 346 g/mol. The Labute approximate surface area is 144 Å². The van der Waals surface area contributed by atoms with Crippen molar-refractivity contribution >= 4 is 15.6 Å². The first kappa shape index (κ1) is 16.1. The van der Waals surface area contributed by atoms with Crippen LogP contribution < -0.4 is 0 Å². The highest BCUT2D eigenvalue weighted by molar-refractivity contribution is 7.92. The second kappa shape index (κ2) is 5.87. The van der Waals surface area contributed by atoms with Crippen molar-refractivity contribution in [3.8, 4) is 0 Å². The van der Waals surface area contributed by atoms with Crippen LogP contribution in [0.1, 0.15) is 66.8 Å². The number of nitrogens with one attached hydrogen (secondary N) is 1. The highest BCUT2D eigenvalue weighted by Gasteiger charge is 2.47. The van der Waals surface area contributed by atoms with Gasteiger partial charge in [-0.25, -0.2) is 4.21 Å². The summed E-state index contributed by atoms with van der Waals surface area (Å²) in [5.41, 5.74) is 1.72. The van der Waals surface area contributed by atoms with Gasteiger partial charge in [-0.3, -0.25) is 9.57 Å². The predicted octanol–water partition coefficient (Wildman–Crippen LogP) is 3.77. The molecule has 2 unspecified atom stereocenters. The van der Waals surface area contributed by atoms with Crippen LogP contribution in [-0.2, 0) is 9.73 Å². The SMILES string of the molecule is N=S1(=O)CCCC2(CCCN2C(=O)c2cccc(C3CCC3)c2)C1. The molecule has 5 heteroatoms. The van der Waals surface area contributed by atoms with Crippen molar-refractivity contribution in [1.82, 2.24) is 4.90 Å². The molecule has 3 aliphatic rings. The standard InChI is InChI=1S/C19H26N2O2S/c20-24(23)12-4-10-19(14-24)9-3-11-21(19)18(22)17-8-2-7-16(13-17)15-5-1-6-15/h2,7-8,13,15,20H,1,3-6,9-12,14H2. The molecule has 1 aromatic rings. The summed E-state index contributed by atoms with van der Waals surface area (Å²) in [4.78, 5) is 15.1. The number of nitrogens with zero attached hydrogens (tertiary/aromatic N) is 1. The Morgan fingerprint density at radius 1 is 1.21 bits per heavy atom. The van der Waals surface area contributed by atoms with Crippen LogP contribution in [0.15, 0.2) is 24.3 Å². The third-order valence-electron chi connectivity index (χ3n) is 6.17. The van der Waals surface area contributed by atoms with E-state index in [1.807, 2.05) is 17.0 Å². The number of hydrogen-bond donors (Lipinski definition) is 1. The maximum atomic E-state index is 13.2. The molecule has 130 valence electrons. The number of likely N-dealkylation sites (tertiary alicyclic amines) is 1. The fourth-order valence-electron chi connectivity index (χ4n) is 4.70. The Morgan fingerprint density at radius 3 is 2.71 bits per heavy atom. The second-order valence-electron chi connectivity index (χ2n) is 7.80. The van der Waals surface area contributed by atoms with Crippen molar-refractivity contribution in [1.29, 1.82) is 4.78 Å². The molecule has 0 aromatic heterocycles. The lowest BCUT2D eigenvalue weighted by atomic mass is 9.79. The molecule has 2 heterocycles. The average Bonchev–Trinajstić information content (AvgIpc) is 2.86. The summed E-state index contributed by atoms with van der Waals surface area (Å²) in [6.45, 7) is 0.738. The van der Waals surface area contributed by atoms with Gasteiger partial charge in [-0.2, -0.15) is 0 Å². The summed E-state index contributed by atoms with van der Waals surface area (Å²) in [6.07, 6.45) is 7.31. The molecule has 2 saturated heterocycles. The van der Waals surface area contributed by atoms with E-state index in [0.29, 0.717) is 17.4 Å². The Balaban J connectivity index is 1.61. The highest BCUT2D eigenvalue weighted by Crippen LogP contribution is 2.40. The van der Waals surface area contributed by atoms with Gasteiger partial charge in [0.25, 0.3) is 5.91 Å². The predicted molar refractivity (Wildman–Crippen MR) is 95.9 cm³/mol. The van der Waals surface area contributed by atoms with Crippen LogP contribution in [-0.4, -0.2) is 38.6 Å². The number of carbonyl (C=O) groups excluding carboxylic acids is 1. The molecule has 1 saturated carbocycles. The van der Waals surface area contributed by atoms with Crippen molar-refractivity contribution in [3.05, 3.63) is 35.4 Å². The Kier molecular flexibility index (Phi) is 3.94. The largest absolute Gasteiger partial charge is 0.332 e. The fraction of sp³-hybridized carbons (Fsp3) is 0.632. The molecular weight excluding hydrogens is 320 g/mol. The number of rotatable bonds is 2. The van der Waals surface area contributed by atoms with Gasteiger partial charge >= 0.3 is 0 Å². The Morgan fingerprint density at radius 2 is 2.00 bits per heavy atom. The summed E-state index contributed by atoms with van der Waals surface area (Å²) in [5, 5.41) is 0. The normalized spacial score (nSPS) is 33.6. The molecule has 1 spiro atoms. The van der Waals surface area contributed by atoms with Crippen LogP contribution >= 0.6 is 0 Å². The van der Waals surface area contributed by atoms with Gasteiger partial charge < -0.3 is 4.90 Å². The van der Waals surface area contributed by atoms with E-state index in [9.17, 15) is 9.00 Å². The van der Waals surface area contributed by atoms with E-state index >= 15 is 0 Å². The van der Waals surface area contributed by atoms with Gasteiger partial charge in [-0.1, -0.05) is 18.6 Å². The Bertz CT molecular complexity index is 754. The second-order valence-corrected chi connectivity index (χ2v) is 10.1. The number of amides is 1. The minimum Gasteiger partial charge on any atom is -0.332 e. The molecule has 2 atom stereocenters. The summed E-state index contributed by atoms with van der Waals surface area (Å²) in [5.74, 6) is 1.56. The van der Waals surface area contributed by atoms with E-state index in [1.54, 1.807) is 0 Å². The molecule has 1 aliphatic carbocycles. The quantitative estimate of drug-likeness (QED) is 0.886. The van der Waals surface area contributed by atoms with Crippen LogP contribution in [0, 0.1) is 4.78 Å². The van der Waals surface area contributed by atoms with E-state index < -0.39 is 9.73 Å². The topological polar surface area (TPSA) is 61.2 Å². The average molecular weight is 346 g/mol. The first-order valence-corrected chi connectivity index (χ1v) is 11.0. The van der Waals surface area contributed by atoms with Gasteiger partial charge in [0.05, 0.1) is 11.3 Å². The van der Waals surface area contributed by atoms with Crippen LogP contribution in [0.2, 0.25) is 0 Å². The first-order valence-electron chi connectivity index (χ1n) is 9.15. The van der Waals surface area contributed by atoms with Gasteiger partial charge in [0.1, 0.15) is 0 Å². The summed E-state index contributed by atoms with van der Waals surface area (Å²) in [6, 6.07) is 8.12. The van der Waals surface area contributed by atoms with Gasteiger partial charge in [-0.15, -0.1) is 0 Å². The van der Waals surface area contributed by atoms with E-state index in [4.69, 9.17) is 4.78 Å². The summed E-state index contributed by atoms with van der Waals surface area (Å²) < 4.78 is 20.5. The van der Waals surface area contributed by atoms with Crippen LogP contribution in [0.5, 0.6) is 0 Å². The molecule has 0 bridgehead atoms. The molecule has 4 nitrogen and oxygen atoms in total. The van der Waals surface area contributed by atoms with E-state index in [0.717, 1.165) is 37.8 Å². The van der Waals surface area contributed by atoms with Crippen molar-refractivity contribution in [2.45, 2.75) is 56.4 Å². The van der Waals surface area contributed by atoms with Crippen molar-refractivity contribution in [2.75, 3.05) is 18.1 Å². The molecular formula is C19H26N2O2S. The van der Waals surface area contributed by atoms with Gasteiger partial charge in [0.2, 0.25) is 0 Å². The van der Waals surface area contributed by atoms with E-state index in [-0.39, 0.29) is 11.4 Å². The fourth-order valence-corrected chi connectivity index (χ4v) is 6.77. The zero-order valence-electron chi connectivity index (χ0n) is 14.1. The minimum atomic E-state index is -2.53. The van der Waals surface area contributed by atoms with Crippen molar-refractivity contribution in [3.63, 3.8) is 0 Å². The van der Waals surface area contributed by atoms with Crippen LogP contribution in [0.3, 0.4) is 0 Å². The molecule has 1 amide bonds. The third-order valence-corrected chi connectivity index (χ3v) is 8.12. The van der Waals surface area contributed by atoms with E-state index in [1.165, 1.54) is 24.8 Å². The molecule has 2 aliphatic heterocycles. The number of carbonyl (C=O) groups is 1. The maximum absolute atomic E-state index is 13.2. The zero-order chi connectivity index (χ0) is 16.8. The molecule has 24 heavy (non-hydrogen) atoms. The number of hydrogen-bond acceptors (Lipinski definition) is 3. The highest BCUT2D eigenvalue weighted by atomic mass is 32.2. The lowest BCUT2D eigenvalue weighted by Crippen LogP contribution is -2.54. The maximum Gasteiger partial charge on any atom is 0.254 e. The van der Waals surface area contributed by atoms with E-state index in [2.05, 4.69) is 12.1 Å². The molecule has 1 aromatic carbocycles. The minimum absolute atomic E-state index is 0.0748.